The molecule has 1 heterocycles. The highest BCUT2D eigenvalue weighted by molar-refractivity contribution is 6.04. The Hall–Kier alpha value is -3.99. The Morgan fingerprint density at radius 3 is 2.34 bits per heavy atom. The van der Waals surface area contributed by atoms with E-state index in [0.29, 0.717) is 35.2 Å². The molecule has 0 saturated heterocycles. The van der Waals surface area contributed by atoms with Crippen molar-refractivity contribution in [3.8, 4) is 0 Å². The molecule has 3 aromatic rings. The van der Waals surface area contributed by atoms with Crippen LogP contribution in [0.3, 0.4) is 0 Å². The van der Waals surface area contributed by atoms with Gasteiger partial charge in [-0.25, -0.2) is 9.18 Å². The number of nitrogens with one attached hydrogen (secondary N) is 1. The highest BCUT2D eigenvalue weighted by atomic mass is 19.1. The zero-order valence-corrected chi connectivity index (χ0v) is 19.5. The summed E-state index contributed by atoms with van der Waals surface area (Å²) in [7, 11) is 0. The maximum Gasteiger partial charge on any atom is 0.337 e. The van der Waals surface area contributed by atoms with Crippen LogP contribution in [-0.4, -0.2) is 11.8 Å². The summed E-state index contributed by atoms with van der Waals surface area (Å²) in [5.74, 6) is -1.61. The number of ketones is 1. The molecule has 0 unspecified atom stereocenters. The number of carbonyl (C=O) groups is 2. The van der Waals surface area contributed by atoms with E-state index in [-0.39, 0.29) is 18.3 Å². The number of ether oxygens (including phenoxy) is 1. The summed E-state index contributed by atoms with van der Waals surface area (Å²) >= 11 is 0. The lowest BCUT2D eigenvalue weighted by Crippen LogP contribution is -2.36. The monoisotopic (exact) mass is 467 g/mol. The molecular weight excluding hydrogens is 441 g/mol. The fraction of sp³-hybridized carbons (Fsp3) is 0.200. The van der Waals surface area contributed by atoms with Gasteiger partial charge < -0.3 is 10.1 Å². The lowest BCUT2D eigenvalue weighted by atomic mass is 9.71. The molecule has 5 heteroatoms. The number of Topliss-reactive ketones (excluding diaryl/α,β-unsaturated/α-hetero) is 1. The minimum absolute atomic E-state index is 0.0391. The molecule has 3 aromatic carbocycles. The molecular formula is C30H26FNO3. The number of esters is 1. The molecule has 4 nitrogen and oxygen atoms in total. The molecule has 0 fully saturated rings. The summed E-state index contributed by atoms with van der Waals surface area (Å²) in [6, 6.07) is 25.5. The quantitative estimate of drug-likeness (QED) is 0.473. The van der Waals surface area contributed by atoms with Crippen molar-refractivity contribution >= 4 is 11.8 Å². The van der Waals surface area contributed by atoms with E-state index in [0.717, 1.165) is 16.8 Å². The maximum absolute atomic E-state index is 14.3. The zero-order valence-electron chi connectivity index (χ0n) is 19.5. The molecule has 0 spiro atoms. The number of carbonyl (C=O) groups excluding carboxylic acids is 2. The van der Waals surface area contributed by atoms with Gasteiger partial charge in [-0.05, 0) is 48.1 Å². The van der Waals surface area contributed by atoms with Crippen LogP contribution in [0.2, 0.25) is 0 Å². The summed E-state index contributed by atoms with van der Waals surface area (Å²) in [6.07, 6.45) is 0.975. The SMILES string of the molecule is CC1=C(C(=O)OCc2ccccc2)[C@H](c2cccc(F)c2)C2=C(C[C@H](c3ccccc3)CC2=O)N1. The van der Waals surface area contributed by atoms with Crippen molar-refractivity contribution in [2.24, 2.45) is 0 Å². The predicted octanol–water partition coefficient (Wildman–Crippen LogP) is 5.93. The number of dihydropyridines is 1. The number of hydrogen-bond donors (Lipinski definition) is 1. The van der Waals surface area contributed by atoms with Crippen LogP contribution < -0.4 is 5.32 Å². The lowest BCUT2D eigenvalue weighted by molar-refractivity contribution is -0.140. The highest BCUT2D eigenvalue weighted by Crippen LogP contribution is 2.45. The van der Waals surface area contributed by atoms with Gasteiger partial charge in [0, 0.05) is 29.3 Å². The molecule has 35 heavy (non-hydrogen) atoms. The molecule has 2 aliphatic rings. The third-order valence-corrected chi connectivity index (χ3v) is 6.71. The first-order valence-electron chi connectivity index (χ1n) is 11.8. The Bertz CT molecular complexity index is 1330. The van der Waals surface area contributed by atoms with Crippen molar-refractivity contribution in [1.82, 2.24) is 5.32 Å². The smallest absolute Gasteiger partial charge is 0.337 e. The van der Waals surface area contributed by atoms with Gasteiger partial charge in [0.1, 0.15) is 12.4 Å². The van der Waals surface area contributed by atoms with Crippen molar-refractivity contribution in [3.63, 3.8) is 0 Å². The minimum Gasteiger partial charge on any atom is -0.457 e. The molecule has 176 valence electrons. The summed E-state index contributed by atoms with van der Waals surface area (Å²) in [4.78, 5) is 26.9. The van der Waals surface area contributed by atoms with Gasteiger partial charge in [-0.1, -0.05) is 72.8 Å². The van der Waals surface area contributed by atoms with Crippen molar-refractivity contribution in [1.29, 1.82) is 0 Å². The topological polar surface area (TPSA) is 55.4 Å². The standard InChI is InChI=1S/C30H26FNO3/c1-19-27(30(34)35-18-20-9-4-2-5-10-20)28(22-13-8-14-24(31)15-22)29-25(32-19)16-23(17-26(29)33)21-11-6-3-7-12-21/h2-15,23,28,32H,16-18H2,1H3/t23-,28-/m0/s1. The van der Waals surface area contributed by atoms with Gasteiger partial charge in [0.25, 0.3) is 0 Å². The first-order chi connectivity index (χ1) is 17.0. The van der Waals surface area contributed by atoms with Crippen molar-refractivity contribution in [2.75, 3.05) is 0 Å². The lowest BCUT2D eigenvalue weighted by Gasteiger charge is -2.36. The second kappa shape index (κ2) is 9.71. The Morgan fingerprint density at radius 1 is 0.943 bits per heavy atom. The van der Waals surface area contributed by atoms with Crippen LogP contribution in [-0.2, 0) is 20.9 Å². The molecule has 0 bridgehead atoms. The number of rotatable bonds is 5. The first-order valence-corrected chi connectivity index (χ1v) is 11.8. The molecule has 0 saturated carbocycles. The second-order valence-corrected chi connectivity index (χ2v) is 9.04. The molecule has 1 aliphatic heterocycles. The van der Waals surface area contributed by atoms with E-state index in [4.69, 9.17) is 4.74 Å². The molecule has 1 N–H and O–H groups in total. The van der Waals surface area contributed by atoms with Crippen LogP contribution >= 0.6 is 0 Å². The van der Waals surface area contributed by atoms with Crippen LogP contribution in [0.1, 0.15) is 48.3 Å². The van der Waals surface area contributed by atoms with Gasteiger partial charge in [-0.15, -0.1) is 0 Å². The average Bonchev–Trinajstić information content (AvgIpc) is 2.87. The van der Waals surface area contributed by atoms with Crippen LogP contribution in [0, 0.1) is 5.82 Å². The van der Waals surface area contributed by atoms with Gasteiger partial charge >= 0.3 is 5.97 Å². The van der Waals surface area contributed by atoms with E-state index in [1.165, 1.54) is 12.1 Å². The van der Waals surface area contributed by atoms with Crippen molar-refractivity contribution in [3.05, 3.63) is 130 Å². The van der Waals surface area contributed by atoms with Gasteiger partial charge in [0.05, 0.1) is 5.57 Å². The van der Waals surface area contributed by atoms with Crippen LogP contribution in [0.4, 0.5) is 4.39 Å². The van der Waals surface area contributed by atoms with E-state index in [1.54, 1.807) is 12.1 Å². The zero-order chi connectivity index (χ0) is 24.4. The molecule has 2 atom stereocenters. The fourth-order valence-corrected chi connectivity index (χ4v) is 5.09. The third kappa shape index (κ3) is 4.67. The maximum atomic E-state index is 14.3. The number of benzene rings is 3. The van der Waals surface area contributed by atoms with Gasteiger partial charge in [-0.3, -0.25) is 4.79 Å². The van der Waals surface area contributed by atoms with E-state index >= 15 is 0 Å². The van der Waals surface area contributed by atoms with Crippen LogP contribution in [0.5, 0.6) is 0 Å². The Labute approximate surface area is 204 Å². The summed E-state index contributed by atoms with van der Waals surface area (Å²) in [5.41, 5.74) is 4.82. The second-order valence-electron chi connectivity index (χ2n) is 9.04. The van der Waals surface area contributed by atoms with E-state index in [2.05, 4.69) is 5.32 Å². The Kier molecular flexibility index (Phi) is 6.32. The summed E-state index contributed by atoms with van der Waals surface area (Å²) < 4.78 is 19.9. The third-order valence-electron chi connectivity index (χ3n) is 6.71. The molecule has 1 aliphatic carbocycles. The summed E-state index contributed by atoms with van der Waals surface area (Å²) in [5, 5.41) is 3.34. The van der Waals surface area contributed by atoms with E-state index in [1.807, 2.05) is 67.6 Å². The Morgan fingerprint density at radius 2 is 1.63 bits per heavy atom. The fourth-order valence-electron chi connectivity index (χ4n) is 5.09. The van der Waals surface area contributed by atoms with Gasteiger partial charge in [0.15, 0.2) is 5.78 Å². The largest absolute Gasteiger partial charge is 0.457 e. The highest BCUT2D eigenvalue weighted by Gasteiger charge is 2.41. The molecule has 0 radical (unpaired) electrons. The molecule has 0 aromatic heterocycles. The summed E-state index contributed by atoms with van der Waals surface area (Å²) in [6.45, 7) is 1.92. The van der Waals surface area contributed by atoms with Crippen LogP contribution in [0.15, 0.2) is 107 Å². The van der Waals surface area contributed by atoms with E-state index in [9.17, 15) is 14.0 Å². The number of halogens is 1. The van der Waals surface area contributed by atoms with Gasteiger partial charge in [-0.2, -0.15) is 0 Å². The van der Waals surface area contributed by atoms with Crippen LogP contribution in [0.25, 0.3) is 0 Å². The average molecular weight is 468 g/mol. The molecule has 5 rings (SSSR count). The molecule has 0 amide bonds. The van der Waals surface area contributed by atoms with Crippen molar-refractivity contribution in [2.45, 2.75) is 38.2 Å². The Balaban J connectivity index is 1.52. The first kappa shape index (κ1) is 22.8. The van der Waals surface area contributed by atoms with Crippen molar-refractivity contribution < 1.29 is 18.7 Å². The van der Waals surface area contributed by atoms with E-state index < -0.39 is 17.7 Å². The number of hydrogen-bond acceptors (Lipinski definition) is 4. The normalized spacial score (nSPS) is 19.8. The van der Waals surface area contributed by atoms with Gasteiger partial charge in [0.2, 0.25) is 0 Å². The minimum atomic E-state index is -0.686. The number of allylic oxidation sites excluding steroid dienone is 3. The predicted molar refractivity (Wildman–Crippen MR) is 132 cm³/mol.